The van der Waals surface area contributed by atoms with Crippen molar-refractivity contribution in [1.29, 1.82) is 0 Å². The number of thioether (sulfide) groups is 1. The standard InChI is InChI=1S/C15H29N3S/c1-15(2,3)13-7-10-19-14(17-13)16-11-12-5-8-18(4)9-6-12/h12-13H,5-11H2,1-4H3,(H,16,17). The maximum atomic E-state index is 4.85. The van der Waals surface area contributed by atoms with E-state index in [0.717, 1.165) is 12.5 Å². The molecule has 2 rings (SSSR count). The van der Waals surface area contributed by atoms with Crippen LogP contribution in [-0.4, -0.2) is 48.5 Å². The van der Waals surface area contributed by atoms with Crippen molar-refractivity contribution >= 4 is 16.9 Å². The summed E-state index contributed by atoms with van der Waals surface area (Å²) in [4.78, 5) is 7.27. The van der Waals surface area contributed by atoms with Gasteiger partial charge in [-0.25, -0.2) is 0 Å². The summed E-state index contributed by atoms with van der Waals surface area (Å²) in [5, 5.41) is 4.83. The molecule has 19 heavy (non-hydrogen) atoms. The molecule has 0 aromatic rings. The third-order valence-electron chi connectivity index (χ3n) is 4.32. The van der Waals surface area contributed by atoms with Gasteiger partial charge in [-0.3, -0.25) is 4.99 Å². The van der Waals surface area contributed by atoms with Gasteiger partial charge in [0.2, 0.25) is 0 Å². The second-order valence-corrected chi connectivity index (χ2v) is 8.18. The number of rotatable bonds is 2. The van der Waals surface area contributed by atoms with E-state index in [9.17, 15) is 0 Å². The maximum Gasteiger partial charge on any atom is 0.156 e. The Morgan fingerprint density at radius 3 is 2.58 bits per heavy atom. The molecule has 2 saturated heterocycles. The van der Waals surface area contributed by atoms with Crippen LogP contribution in [0.25, 0.3) is 0 Å². The molecule has 0 saturated carbocycles. The highest BCUT2D eigenvalue weighted by Gasteiger charge is 2.28. The third kappa shape index (κ3) is 4.67. The summed E-state index contributed by atoms with van der Waals surface area (Å²) < 4.78 is 0. The number of nitrogens with zero attached hydrogens (tertiary/aromatic N) is 2. The minimum atomic E-state index is 0.329. The van der Waals surface area contributed by atoms with Crippen molar-refractivity contribution < 1.29 is 0 Å². The fraction of sp³-hybridized carbons (Fsp3) is 0.933. The van der Waals surface area contributed by atoms with Crippen molar-refractivity contribution in [3.05, 3.63) is 0 Å². The SMILES string of the molecule is CN1CCC(CN=C2NC(C(C)(C)C)CCS2)CC1. The van der Waals surface area contributed by atoms with Crippen LogP contribution in [0.4, 0.5) is 0 Å². The van der Waals surface area contributed by atoms with Crippen molar-refractivity contribution in [1.82, 2.24) is 10.2 Å². The fourth-order valence-corrected chi connectivity index (χ4v) is 3.67. The molecule has 0 amide bonds. The van der Waals surface area contributed by atoms with Gasteiger partial charge in [0.1, 0.15) is 0 Å². The molecule has 0 aromatic carbocycles. The van der Waals surface area contributed by atoms with E-state index >= 15 is 0 Å². The van der Waals surface area contributed by atoms with E-state index in [1.807, 2.05) is 11.8 Å². The van der Waals surface area contributed by atoms with Gasteiger partial charge in [-0.2, -0.15) is 0 Å². The van der Waals surface area contributed by atoms with Crippen LogP contribution in [0.3, 0.4) is 0 Å². The Labute approximate surface area is 122 Å². The van der Waals surface area contributed by atoms with Gasteiger partial charge in [-0.15, -0.1) is 0 Å². The molecule has 2 aliphatic rings. The molecule has 0 spiro atoms. The summed E-state index contributed by atoms with van der Waals surface area (Å²) in [7, 11) is 2.22. The third-order valence-corrected chi connectivity index (χ3v) is 5.28. The monoisotopic (exact) mass is 283 g/mol. The number of aliphatic imine (C=N–C) groups is 1. The second-order valence-electron chi connectivity index (χ2n) is 7.09. The number of amidine groups is 1. The van der Waals surface area contributed by atoms with Gasteiger partial charge in [0.15, 0.2) is 5.17 Å². The molecule has 1 unspecified atom stereocenters. The first kappa shape index (κ1) is 15.2. The molecule has 2 fully saturated rings. The lowest BCUT2D eigenvalue weighted by Gasteiger charge is -2.36. The van der Waals surface area contributed by atoms with Gasteiger partial charge in [0.05, 0.1) is 0 Å². The first-order chi connectivity index (χ1) is 8.95. The van der Waals surface area contributed by atoms with Crippen molar-refractivity contribution in [2.24, 2.45) is 16.3 Å². The van der Waals surface area contributed by atoms with E-state index in [4.69, 9.17) is 4.99 Å². The van der Waals surface area contributed by atoms with Crippen LogP contribution >= 0.6 is 11.8 Å². The first-order valence-electron chi connectivity index (χ1n) is 7.57. The van der Waals surface area contributed by atoms with E-state index in [2.05, 4.69) is 38.0 Å². The van der Waals surface area contributed by atoms with Gasteiger partial charge in [-0.1, -0.05) is 32.5 Å². The summed E-state index contributed by atoms with van der Waals surface area (Å²) in [6.45, 7) is 10.4. The van der Waals surface area contributed by atoms with Crippen molar-refractivity contribution in [3.63, 3.8) is 0 Å². The Kier molecular flexibility index (Phi) is 5.18. The number of piperidine rings is 1. The minimum absolute atomic E-state index is 0.329. The highest BCUT2D eigenvalue weighted by atomic mass is 32.2. The Balaban J connectivity index is 1.82. The Bertz CT molecular complexity index is 314. The molecule has 0 aromatic heterocycles. The predicted molar refractivity (Wildman–Crippen MR) is 86.0 cm³/mol. The quantitative estimate of drug-likeness (QED) is 0.844. The molecule has 0 radical (unpaired) electrons. The Morgan fingerprint density at radius 1 is 1.26 bits per heavy atom. The highest BCUT2D eigenvalue weighted by molar-refractivity contribution is 8.13. The highest BCUT2D eigenvalue weighted by Crippen LogP contribution is 2.27. The Morgan fingerprint density at radius 2 is 1.95 bits per heavy atom. The molecule has 0 aliphatic carbocycles. The molecule has 3 nitrogen and oxygen atoms in total. The molecule has 0 bridgehead atoms. The van der Waals surface area contributed by atoms with Crippen molar-refractivity contribution in [3.8, 4) is 0 Å². The summed E-state index contributed by atoms with van der Waals surface area (Å²) in [5.41, 5.74) is 0.329. The fourth-order valence-electron chi connectivity index (χ4n) is 2.73. The molecular weight excluding hydrogens is 254 g/mol. The van der Waals surface area contributed by atoms with Crippen LogP contribution in [0.5, 0.6) is 0 Å². The smallest absolute Gasteiger partial charge is 0.156 e. The first-order valence-corrected chi connectivity index (χ1v) is 8.56. The number of nitrogens with one attached hydrogen (secondary N) is 1. The lowest BCUT2D eigenvalue weighted by atomic mass is 9.85. The molecule has 2 aliphatic heterocycles. The van der Waals surface area contributed by atoms with E-state index < -0.39 is 0 Å². The van der Waals surface area contributed by atoms with Gasteiger partial charge in [-0.05, 0) is 50.7 Å². The zero-order chi connectivity index (χ0) is 13.9. The lowest BCUT2D eigenvalue weighted by Crippen LogP contribution is -2.46. The van der Waals surface area contributed by atoms with Crippen molar-refractivity contribution in [2.75, 3.05) is 32.4 Å². The molecule has 110 valence electrons. The maximum absolute atomic E-state index is 4.85. The van der Waals surface area contributed by atoms with Crippen LogP contribution in [0, 0.1) is 11.3 Å². The lowest BCUT2D eigenvalue weighted by molar-refractivity contribution is 0.223. The minimum Gasteiger partial charge on any atom is -0.362 e. The van der Waals surface area contributed by atoms with E-state index in [1.54, 1.807) is 0 Å². The average molecular weight is 283 g/mol. The largest absolute Gasteiger partial charge is 0.362 e. The van der Waals surface area contributed by atoms with Gasteiger partial charge < -0.3 is 10.2 Å². The average Bonchev–Trinajstić information content (AvgIpc) is 2.37. The van der Waals surface area contributed by atoms with E-state index in [-0.39, 0.29) is 0 Å². The summed E-state index contributed by atoms with van der Waals surface area (Å²) in [5.74, 6) is 2.00. The molecule has 1 N–H and O–H groups in total. The van der Waals surface area contributed by atoms with Gasteiger partial charge in [0, 0.05) is 18.3 Å². The summed E-state index contributed by atoms with van der Waals surface area (Å²) >= 11 is 1.90. The van der Waals surface area contributed by atoms with Crippen LogP contribution in [0.2, 0.25) is 0 Å². The van der Waals surface area contributed by atoms with Crippen LogP contribution in [0.1, 0.15) is 40.0 Å². The second kappa shape index (κ2) is 6.49. The van der Waals surface area contributed by atoms with Gasteiger partial charge in [0.25, 0.3) is 0 Å². The molecule has 1 atom stereocenters. The predicted octanol–water partition coefficient (Wildman–Crippen LogP) is 2.83. The molecule has 4 heteroatoms. The zero-order valence-corrected chi connectivity index (χ0v) is 13.7. The van der Waals surface area contributed by atoms with E-state index in [0.29, 0.717) is 11.5 Å². The summed E-state index contributed by atoms with van der Waals surface area (Å²) in [6, 6.07) is 0.574. The molecule has 2 heterocycles. The van der Waals surface area contributed by atoms with Crippen LogP contribution in [0.15, 0.2) is 4.99 Å². The number of likely N-dealkylation sites (tertiary alicyclic amines) is 1. The Hall–Kier alpha value is -0.220. The molecular formula is C15H29N3S. The topological polar surface area (TPSA) is 27.6 Å². The zero-order valence-electron chi connectivity index (χ0n) is 12.9. The van der Waals surface area contributed by atoms with Crippen LogP contribution in [-0.2, 0) is 0 Å². The summed E-state index contributed by atoms with van der Waals surface area (Å²) in [6.07, 6.45) is 3.86. The van der Waals surface area contributed by atoms with Crippen molar-refractivity contribution in [2.45, 2.75) is 46.1 Å². The van der Waals surface area contributed by atoms with Crippen LogP contribution < -0.4 is 5.32 Å². The van der Waals surface area contributed by atoms with E-state index in [1.165, 1.54) is 43.3 Å². The normalized spacial score (nSPS) is 29.5. The number of hydrogen-bond donors (Lipinski definition) is 1. The number of hydrogen-bond acceptors (Lipinski definition) is 3. The van der Waals surface area contributed by atoms with Gasteiger partial charge >= 0.3 is 0 Å².